The molecule has 2 heteroatoms. The highest BCUT2D eigenvalue weighted by Gasteiger charge is 2.31. The van der Waals surface area contributed by atoms with Crippen molar-refractivity contribution in [2.45, 2.75) is 51.6 Å². The first-order chi connectivity index (χ1) is 6.77. The fourth-order valence-electron chi connectivity index (χ4n) is 2.91. The molecule has 1 heterocycles. The monoisotopic (exact) mass is 213 g/mol. The lowest BCUT2D eigenvalue weighted by molar-refractivity contribution is 0.314. The maximum Gasteiger partial charge on any atom is 0.0121 e. The van der Waals surface area contributed by atoms with E-state index in [1.165, 1.54) is 37.2 Å². The molecular formula is C12H23NS. The highest BCUT2D eigenvalue weighted by atomic mass is 32.2. The number of thioether (sulfide) groups is 1. The minimum atomic E-state index is 0.808. The summed E-state index contributed by atoms with van der Waals surface area (Å²) in [6, 6.07) is 1.63. The molecule has 1 aliphatic carbocycles. The van der Waals surface area contributed by atoms with Gasteiger partial charge in [-0.3, -0.25) is 0 Å². The van der Waals surface area contributed by atoms with Gasteiger partial charge in [0, 0.05) is 12.1 Å². The van der Waals surface area contributed by atoms with Crippen LogP contribution < -0.4 is 5.32 Å². The molecule has 0 aromatic rings. The van der Waals surface area contributed by atoms with Gasteiger partial charge >= 0.3 is 0 Å². The second kappa shape index (κ2) is 4.89. The Morgan fingerprint density at radius 1 is 0.929 bits per heavy atom. The van der Waals surface area contributed by atoms with E-state index in [-0.39, 0.29) is 0 Å². The first-order valence-electron chi connectivity index (χ1n) is 6.11. The van der Waals surface area contributed by atoms with Crippen molar-refractivity contribution in [2.24, 2.45) is 11.8 Å². The molecule has 0 aromatic carbocycles. The molecule has 0 aromatic heterocycles. The van der Waals surface area contributed by atoms with E-state index in [0.717, 1.165) is 23.9 Å². The van der Waals surface area contributed by atoms with Crippen LogP contribution in [0, 0.1) is 11.8 Å². The molecule has 14 heavy (non-hydrogen) atoms. The summed E-state index contributed by atoms with van der Waals surface area (Å²) in [6.07, 6.45) is 5.64. The highest BCUT2D eigenvalue weighted by Crippen LogP contribution is 2.31. The van der Waals surface area contributed by atoms with Gasteiger partial charge in [-0.2, -0.15) is 11.8 Å². The predicted octanol–water partition coefficient (Wildman–Crippen LogP) is 2.91. The topological polar surface area (TPSA) is 12.0 Å². The molecule has 2 atom stereocenters. The zero-order valence-corrected chi connectivity index (χ0v) is 10.3. The Hall–Kier alpha value is 0.310. The smallest absolute Gasteiger partial charge is 0.0121 e. The van der Waals surface area contributed by atoms with Crippen LogP contribution in [0.2, 0.25) is 0 Å². The number of nitrogens with one attached hydrogen (secondary N) is 1. The lowest BCUT2D eigenvalue weighted by Crippen LogP contribution is -2.44. The Balaban J connectivity index is 1.82. The summed E-state index contributed by atoms with van der Waals surface area (Å²) in [6.45, 7) is 4.83. The highest BCUT2D eigenvalue weighted by molar-refractivity contribution is 7.99. The first kappa shape index (κ1) is 10.8. The van der Waals surface area contributed by atoms with Crippen molar-refractivity contribution in [1.29, 1.82) is 0 Å². The molecule has 0 bridgehead atoms. The van der Waals surface area contributed by atoms with E-state index in [9.17, 15) is 0 Å². The SMILES string of the molecule is CC1CCC(C)C1NC1CCSCC1. The third-order valence-corrected chi connectivity index (χ3v) is 5.00. The Morgan fingerprint density at radius 3 is 2.07 bits per heavy atom. The number of rotatable bonds is 2. The standard InChI is InChI=1S/C12H23NS/c1-9-3-4-10(2)12(9)13-11-5-7-14-8-6-11/h9-13H,3-8H2,1-2H3. The van der Waals surface area contributed by atoms with Crippen LogP contribution in [0.5, 0.6) is 0 Å². The molecule has 0 spiro atoms. The number of hydrogen-bond acceptors (Lipinski definition) is 2. The molecule has 2 unspecified atom stereocenters. The summed E-state index contributed by atoms with van der Waals surface area (Å²) in [5.74, 6) is 4.54. The summed E-state index contributed by atoms with van der Waals surface area (Å²) in [4.78, 5) is 0. The van der Waals surface area contributed by atoms with Gasteiger partial charge in [0.05, 0.1) is 0 Å². The third-order valence-electron chi connectivity index (χ3n) is 3.95. The minimum Gasteiger partial charge on any atom is -0.311 e. The predicted molar refractivity (Wildman–Crippen MR) is 64.8 cm³/mol. The zero-order valence-electron chi connectivity index (χ0n) is 9.46. The molecular weight excluding hydrogens is 190 g/mol. The van der Waals surface area contributed by atoms with Crippen LogP contribution >= 0.6 is 11.8 Å². The van der Waals surface area contributed by atoms with Crippen LogP contribution in [0.15, 0.2) is 0 Å². The second-order valence-electron chi connectivity index (χ2n) is 5.11. The van der Waals surface area contributed by atoms with Crippen molar-refractivity contribution >= 4 is 11.8 Å². The molecule has 2 aliphatic rings. The van der Waals surface area contributed by atoms with Crippen LogP contribution in [0.3, 0.4) is 0 Å². The molecule has 1 aliphatic heterocycles. The molecule has 0 amide bonds. The Labute approximate surface area is 92.4 Å². The van der Waals surface area contributed by atoms with Crippen molar-refractivity contribution in [2.75, 3.05) is 11.5 Å². The fourth-order valence-corrected chi connectivity index (χ4v) is 4.02. The zero-order chi connectivity index (χ0) is 9.97. The lowest BCUT2D eigenvalue weighted by atomic mass is 9.98. The van der Waals surface area contributed by atoms with Gasteiger partial charge < -0.3 is 5.32 Å². The van der Waals surface area contributed by atoms with Gasteiger partial charge in [0.2, 0.25) is 0 Å². The average Bonchev–Trinajstić information content (AvgIpc) is 2.51. The Bertz CT molecular complexity index is 167. The van der Waals surface area contributed by atoms with Gasteiger partial charge in [0.25, 0.3) is 0 Å². The molecule has 82 valence electrons. The lowest BCUT2D eigenvalue weighted by Gasteiger charge is -2.30. The third kappa shape index (κ3) is 2.46. The van der Waals surface area contributed by atoms with Crippen LogP contribution in [-0.2, 0) is 0 Å². The van der Waals surface area contributed by atoms with Gasteiger partial charge in [-0.25, -0.2) is 0 Å². The van der Waals surface area contributed by atoms with Crippen molar-refractivity contribution in [3.8, 4) is 0 Å². The summed E-state index contributed by atoms with van der Waals surface area (Å²) in [5, 5.41) is 3.90. The van der Waals surface area contributed by atoms with E-state index in [4.69, 9.17) is 0 Å². The van der Waals surface area contributed by atoms with Crippen LogP contribution in [0.4, 0.5) is 0 Å². The summed E-state index contributed by atoms with van der Waals surface area (Å²) >= 11 is 2.12. The fraction of sp³-hybridized carbons (Fsp3) is 1.00. The summed E-state index contributed by atoms with van der Waals surface area (Å²) in [5.41, 5.74) is 0. The Kier molecular flexibility index (Phi) is 3.78. The summed E-state index contributed by atoms with van der Waals surface area (Å²) < 4.78 is 0. The van der Waals surface area contributed by atoms with Crippen molar-refractivity contribution in [1.82, 2.24) is 5.32 Å². The van der Waals surface area contributed by atoms with Crippen LogP contribution in [0.25, 0.3) is 0 Å². The Morgan fingerprint density at radius 2 is 1.50 bits per heavy atom. The van der Waals surface area contributed by atoms with Crippen LogP contribution in [-0.4, -0.2) is 23.6 Å². The molecule has 2 fully saturated rings. The molecule has 1 saturated heterocycles. The molecule has 2 rings (SSSR count). The second-order valence-corrected chi connectivity index (χ2v) is 6.34. The van der Waals surface area contributed by atoms with Gasteiger partial charge in [-0.1, -0.05) is 13.8 Å². The molecule has 0 radical (unpaired) electrons. The maximum atomic E-state index is 3.90. The normalized spacial score (nSPS) is 40.3. The molecule has 1 nitrogen and oxygen atoms in total. The van der Waals surface area contributed by atoms with E-state index in [0.29, 0.717) is 0 Å². The molecule has 1 N–H and O–H groups in total. The summed E-state index contributed by atoms with van der Waals surface area (Å²) in [7, 11) is 0. The van der Waals surface area contributed by atoms with Crippen molar-refractivity contribution in [3.05, 3.63) is 0 Å². The van der Waals surface area contributed by atoms with E-state index in [2.05, 4.69) is 30.9 Å². The van der Waals surface area contributed by atoms with Gasteiger partial charge in [-0.15, -0.1) is 0 Å². The largest absolute Gasteiger partial charge is 0.311 e. The van der Waals surface area contributed by atoms with Gasteiger partial charge in [0.15, 0.2) is 0 Å². The first-order valence-corrected chi connectivity index (χ1v) is 7.26. The maximum absolute atomic E-state index is 3.90. The van der Waals surface area contributed by atoms with E-state index in [1.54, 1.807) is 0 Å². The quantitative estimate of drug-likeness (QED) is 0.757. The average molecular weight is 213 g/mol. The molecule has 1 saturated carbocycles. The van der Waals surface area contributed by atoms with Crippen molar-refractivity contribution in [3.63, 3.8) is 0 Å². The van der Waals surface area contributed by atoms with Gasteiger partial charge in [-0.05, 0) is 49.0 Å². The minimum absolute atomic E-state index is 0.808. The van der Waals surface area contributed by atoms with E-state index in [1.807, 2.05) is 0 Å². The number of hydrogen-bond donors (Lipinski definition) is 1. The van der Waals surface area contributed by atoms with Crippen LogP contribution in [0.1, 0.15) is 39.5 Å². The van der Waals surface area contributed by atoms with Gasteiger partial charge in [0.1, 0.15) is 0 Å². The van der Waals surface area contributed by atoms with E-state index < -0.39 is 0 Å². The van der Waals surface area contributed by atoms with Crippen molar-refractivity contribution < 1.29 is 0 Å². The van der Waals surface area contributed by atoms with E-state index >= 15 is 0 Å².